The van der Waals surface area contributed by atoms with Gasteiger partial charge in [-0.15, -0.1) is 6.42 Å². The van der Waals surface area contributed by atoms with Crippen LogP contribution in [0.4, 0.5) is 0 Å². The number of carbonyl (C=O) groups excluding carboxylic acids is 1. The molecule has 4 heteroatoms. The topological polar surface area (TPSA) is 52.6 Å². The zero-order chi connectivity index (χ0) is 8.97. The molecule has 1 heterocycles. The molecule has 1 aliphatic rings. The Bertz CT molecular complexity index is 204. The Morgan fingerprint density at radius 2 is 2.42 bits per heavy atom. The molecule has 0 atom stereocenters. The van der Waals surface area contributed by atoms with Crippen molar-refractivity contribution >= 4 is 5.91 Å². The first-order valence-electron chi connectivity index (χ1n) is 3.83. The normalized spacial score (nSPS) is 18.0. The van der Waals surface area contributed by atoms with E-state index in [0.29, 0.717) is 19.6 Å². The summed E-state index contributed by atoms with van der Waals surface area (Å²) in [4.78, 5) is 12.8. The fraction of sp³-hybridized carbons (Fsp3) is 0.625. The lowest BCUT2D eigenvalue weighted by Crippen LogP contribution is -2.53. The van der Waals surface area contributed by atoms with Crippen molar-refractivity contribution in [2.45, 2.75) is 6.10 Å². The first-order chi connectivity index (χ1) is 5.72. The van der Waals surface area contributed by atoms with Crippen molar-refractivity contribution in [2.24, 2.45) is 0 Å². The van der Waals surface area contributed by atoms with E-state index in [2.05, 4.69) is 11.2 Å². The molecule has 12 heavy (non-hydrogen) atoms. The van der Waals surface area contributed by atoms with Gasteiger partial charge in [-0.2, -0.15) is 0 Å². The van der Waals surface area contributed by atoms with Gasteiger partial charge in [0.25, 0.3) is 0 Å². The maximum absolute atomic E-state index is 11.0. The quantitative estimate of drug-likeness (QED) is 0.500. The standard InChI is InChI=1S/C8H12N2O2/c1-2-3-9-8(12)6-10-4-7(11)5-10/h1,7,11H,3-6H2,(H,9,12). The van der Waals surface area contributed by atoms with Crippen molar-refractivity contribution in [3.63, 3.8) is 0 Å². The molecular formula is C8H12N2O2. The lowest BCUT2D eigenvalue weighted by Gasteiger charge is -2.34. The highest BCUT2D eigenvalue weighted by Crippen LogP contribution is 2.05. The summed E-state index contributed by atoms with van der Waals surface area (Å²) in [5, 5.41) is 11.4. The molecule has 0 radical (unpaired) electrons. The number of terminal acetylenes is 1. The highest BCUT2D eigenvalue weighted by atomic mass is 16.3. The van der Waals surface area contributed by atoms with Gasteiger partial charge in [0.15, 0.2) is 0 Å². The molecule has 1 rings (SSSR count). The van der Waals surface area contributed by atoms with Crippen LogP contribution in [0.15, 0.2) is 0 Å². The van der Waals surface area contributed by atoms with Crippen LogP contribution < -0.4 is 5.32 Å². The number of β-amino-alcohol motifs (C(OH)–C–C–N with tert-alkyl or cyclic N) is 1. The van der Waals surface area contributed by atoms with Crippen LogP contribution >= 0.6 is 0 Å². The van der Waals surface area contributed by atoms with E-state index in [4.69, 9.17) is 11.5 Å². The first kappa shape index (κ1) is 9.04. The summed E-state index contributed by atoms with van der Waals surface area (Å²) in [7, 11) is 0. The van der Waals surface area contributed by atoms with Crippen LogP contribution in [0.2, 0.25) is 0 Å². The SMILES string of the molecule is C#CCNC(=O)CN1CC(O)C1. The van der Waals surface area contributed by atoms with Gasteiger partial charge in [0.2, 0.25) is 5.91 Å². The van der Waals surface area contributed by atoms with E-state index in [0.717, 1.165) is 0 Å². The maximum atomic E-state index is 11.0. The molecular weight excluding hydrogens is 156 g/mol. The van der Waals surface area contributed by atoms with Gasteiger partial charge in [-0.3, -0.25) is 9.69 Å². The first-order valence-corrected chi connectivity index (χ1v) is 3.83. The smallest absolute Gasteiger partial charge is 0.234 e. The van der Waals surface area contributed by atoms with Gasteiger partial charge >= 0.3 is 0 Å². The highest BCUT2D eigenvalue weighted by molar-refractivity contribution is 5.78. The number of nitrogens with zero attached hydrogens (tertiary/aromatic N) is 1. The van der Waals surface area contributed by atoms with Crippen LogP contribution in [-0.4, -0.2) is 48.2 Å². The van der Waals surface area contributed by atoms with Gasteiger partial charge in [-0.05, 0) is 0 Å². The minimum Gasteiger partial charge on any atom is -0.390 e. The molecule has 0 bridgehead atoms. The largest absolute Gasteiger partial charge is 0.390 e. The van der Waals surface area contributed by atoms with E-state index in [1.54, 1.807) is 0 Å². The molecule has 0 aromatic heterocycles. The van der Waals surface area contributed by atoms with Crippen molar-refractivity contribution in [1.82, 2.24) is 10.2 Å². The molecule has 1 amide bonds. The van der Waals surface area contributed by atoms with Gasteiger partial charge in [0.1, 0.15) is 0 Å². The third-order valence-corrected chi connectivity index (χ3v) is 1.69. The number of hydrogen-bond donors (Lipinski definition) is 2. The Hall–Kier alpha value is -1.05. The van der Waals surface area contributed by atoms with Gasteiger partial charge in [-0.1, -0.05) is 5.92 Å². The summed E-state index contributed by atoms with van der Waals surface area (Å²) in [5.74, 6) is 2.23. The number of carbonyl (C=O) groups is 1. The van der Waals surface area contributed by atoms with Crippen LogP contribution in [0.1, 0.15) is 0 Å². The van der Waals surface area contributed by atoms with Crippen LogP contribution in [-0.2, 0) is 4.79 Å². The fourth-order valence-corrected chi connectivity index (χ4v) is 1.08. The Morgan fingerprint density at radius 3 is 2.92 bits per heavy atom. The molecule has 0 unspecified atom stereocenters. The predicted molar refractivity (Wildman–Crippen MR) is 44.3 cm³/mol. The number of rotatable bonds is 3. The zero-order valence-electron chi connectivity index (χ0n) is 6.79. The number of hydrogen-bond acceptors (Lipinski definition) is 3. The van der Waals surface area contributed by atoms with Gasteiger partial charge < -0.3 is 10.4 Å². The summed E-state index contributed by atoms with van der Waals surface area (Å²) in [6.45, 7) is 1.78. The summed E-state index contributed by atoms with van der Waals surface area (Å²) >= 11 is 0. The summed E-state index contributed by atoms with van der Waals surface area (Å²) < 4.78 is 0. The third-order valence-electron chi connectivity index (χ3n) is 1.69. The third kappa shape index (κ3) is 2.53. The van der Waals surface area contributed by atoms with E-state index in [9.17, 15) is 4.79 Å². The Balaban J connectivity index is 2.07. The van der Waals surface area contributed by atoms with Crippen LogP contribution in [0.5, 0.6) is 0 Å². The van der Waals surface area contributed by atoms with Gasteiger partial charge in [0, 0.05) is 13.1 Å². The second-order valence-corrected chi connectivity index (χ2v) is 2.83. The molecule has 1 fully saturated rings. The molecule has 1 saturated heterocycles. The second-order valence-electron chi connectivity index (χ2n) is 2.83. The lowest BCUT2D eigenvalue weighted by molar-refractivity contribution is -0.124. The summed E-state index contributed by atoms with van der Waals surface area (Å²) in [6.07, 6.45) is 4.70. The van der Waals surface area contributed by atoms with Crippen molar-refractivity contribution in [2.75, 3.05) is 26.2 Å². The molecule has 0 aliphatic carbocycles. The van der Waals surface area contributed by atoms with Crippen molar-refractivity contribution in [3.05, 3.63) is 0 Å². The average Bonchev–Trinajstić information content (AvgIpc) is 1.98. The molecule has 2 N–H and O–H groups in total. The average molecular weight is 168 g/mol. The van der Waals surface area contributed by atoms with Crippen molar-refractivity contribution in [3.8, 4) is 12.3 Å². The summed E-state index contributed by atoms with van der Waals surface area (Å²) in [5.41, 5.74) is 0. The van der Waals surface area contributed by atoms with E-state index in [1.165, 1.54) is 0 Å². The monoisotopic (exact) mass is 168 g/mol. The lowest BCUT2D eigenvalue weighted by atomic mass is 10.2. The van der Waals surface area contributed by atoms with Crippen LogP contribution in [0.25, 0.3) is 0 Å². The molecule has 0 aromatic carbocycles. The van der Waals surface area contributed by atoms with Gasteiger partial charge in [0.05, 0.1) is 19.2 Å². The maximum Gasteiger partial charge on any atom is 0.234 e. The number of aliphatic hydroxyl groups is 1. The summed E-state index contributed by atoms with van der Waals surface area (Å²) in [6, 6.07) is 0. The second kappa shape index (κ2) is 4.10. The minimum atomic E-state index is -0.259. The zero-order valence-corrected chi connectivity index (χ0v) is 6.79. The highest BCUT2D eigenvalue weighted by Gasteiger charge is 2.25. The molecule has 1 aliphatic heterocycles. The molecule has 4 nitrogen and oxygen atoms in total. The predicted octanol–water partition coefficient (Wildman–Crippen LogP) is -1.59. The van der Waals surface area contributed by atoms with Crippen molar-refractivity contribution in [1.29, 1.82) is 0 Å². The Labute approximate surface area is 71.6 Å². The Morgan fingerprint density at radius 1 is 1.75 bits per heavy atom. The molecule has 0 saturated carbocycles. The molecule has 0 aromatic rings. The number of aliphatic hydroxyl groups excluding tert-OH is 1. The van der Waals surface area contributed by atoms with E-state index >= 15 is 0 Å². The van der Waals surface area contributed by atoms with Crippen molar-refractivity contribution < 1.29 is 9.90 Å². The van der Waals surface area contributed by atoms with E-state index < -0.39 is 0 Å². The van der Waals surface area contributed by atoms with Crippen LogP contribution in [0.3, 0.4) is 0 Å². The van der Waals surface area contributed by atoms with E-state index in [1.807, 2.05) is 4.90 Å². The molecule has 0 spiro atoms. The van der Waals surface area contributed by atoms with E-state index in [-0.39, 0.29) is 18.6 Å². The number of likely N-dealkylation sites (tertiary alicyclic amines) is 1. The minimum absolute atomic E-state index is 0.0835. The fourth-order valence-electron chi connectivity index (χ4n) is 1.08. The van der Waals surface area contributed by atoms with Crippen LogP contribution in [0, 0.1) is 12.3 Å². The molecule has 66 valence electrons. The Kier molecular flexibility index (Phi) is 3.09. The van der Waals surface area contributed by atoms with Gasteiger partial charge in [-0.25, -0.2) is 0 Å². The number of amides is 1. The number of nitrogens with one attached hydrogen (secondary N) is 1.